The lowest BCUT2D eigenvalue weighted by atomic mass is 10.2. The average Bonchev–Trinajstić information content (AvgIpc) is 2.80. The van der Waals surface area contributed by atoms with Crippen LogP contribution < -0.4 is 9.47 Å². The van der Waals surface area contributed by atoms with Crippen molar-refractivity contribution in [3.8, 4) is 21.9 Å². The van der Waals surface area contributed by atoms with Crippen molar-refractivity contribution in [3.63, 3.8) is 0 Å². The van der Waals surface area contributed by atoms with Gasteiger partial charge in [0.05, 0.1) is 0 Å². The molecule has 0 spiro atoms. The Hall–Kier alpha value is -1.62. The standard InChI is InChI=1S/C11H6F2O2S/c12-11(13)14-8-4-3-7(6-9(8)15-11)10-2-1-5-16-10/h1-6H. The minimum Gasteiger partial charge on any atom is -0.395 e. The molecule has 0 N–H and O–H groups in total. The number of thiophene rings is 1. The molecule has 1 aliphatic heterocycles. The molecule has 82 valence electrons. The molecule has 1 aromatic heterocycles. The molecule has 0 aliphatic carbocycles. The summed E-state index contributed by atoms with van der Waals surface area (Å²) in [7, 11) is 0. The van der Waals surface area contributed by atoms with Crippen LogP contribution in [0.15, 0.2) is 35.7 Å². The van der Waals surface area contributed by atoms with Crippen molar-refractivity contribution in [1.82, 2.24) is 0 Å². The van der Waals surface area contributed by atoms with Crippen LogP contribution in [-0.4, -0.2) is 6.29 Å². The highest BCUT2D eigenvalue weighted by Gasteiger charge is 2.43. The maximum absolute atomic E-state index is 12.8. The number of ether oxygens (including phenoxy) is 2. The highest BCUT2D eigenvalue weighted by Crippen LogP contribution is 2.43. The molecule has 0 unspecified atom stereocenters. The van der Waals surface area contributed by atoms with E-state index < -0.39 is 6.29 Å². The molecule has 2 heterocycles. The Morgan fingerprint density at radius 3 is 2.62 bits per heavy atom. The largest absolute Gasteiger partial charge is 0.586 e. The molecular formula is C11H6F2O2S. The molecular weight excluding hydrogens is 234 g/mol. The van der Waals surface area contributed by atoms with Crippen LogP contribution in [0, 0.1) is 0 Å². The molecule has 5 heteroatoms. The van der Waals surface area contributed by atoms with Crippen molar-refractivity contribution in [1.29, 1.82) is 0 Å². The van der Waals surface area contributed by atoms with E-state index in [1.165, 1.54) is 17.4 Å². The molecule has 16 heavy (non-hydrogen) atoms. The summed E-state index contributed by atoms with van der Waals surface area (Å²) in [4.78, 5) is 1.00. The Kier molecular flexibility index (Phi) is 1.91. The van der Waals surface area contributed by atoms with Gasteiger partial charge in [-0.2, -0.15) is 0 Å². The lowest BCUT2D eigenvalue weighted by Gasteiger charge is -2.04. The molecule has 0 atom stereocenters. The summed E-state index contributed by atoms with van der Waals surface area (Å²) < 4.78 is 34.2. The molecule has 0 saturated carbocycles. The molecule has 3 rings (SSSR count). The number of benzene rings is 1. The van der Waals surface area contributed by atoms with Gasteiger partial charge >= 0.3 is 6.29 Å². The second-order valence-electron chi connectivity index (χ2n) is 3.31. The summed E-state index contributed by atoms with van der Waals surface area (Å²) in [5.41, 5.74) is 0.843. The lowest BCUT2D eigenvalue weighted by molar-refractivity contribution is -0.286. The normalized spacial score (nSPS) is 16.4. The van der Waals surface area contributed by atoms with Crippen LogP contribution in [-0.2, 0) is 0 Å². The fourth-order valence-electron chi connectivity index (χ4n) is 1.55. The number of fused-ring (bicyclic) bond motifs is 1. The number of halogens is 2. The molecule has 1 aliphatic rings. The zero-order valence-electron chi connectivity index (χ0n) is 7.94. The van der Waals surface area contributed by atoms with Crippen LogP contribution in [0.2, 0.25) is 0 Å². The Bertz CT molecular complexity index is 523. The van der Waals surface area contributed by atoms with Crippen molar-refractivity contribution in [2.24, 2.45) is 0 Å². The SMILES string of the molecule is FC1(F)Oc2ccc(-c3cccs3)cc2O1. The minimum atomic E-state index is -3.55. The third-order valence-corrected chi connectivity index (χ3v) is 3.13. The van der Waals surface area contributed by atoms with Gasteiger partial charge in [-0.25, -0.2) is 0 Å². The van der Waals surface area contributed by atoms with Crippen LogP contribution in [0.3, 0.4) is 0 Å². The predicted molar refractivity (Wildman–Crippen MR) is 56.0 cm³/mol. The average molecular weight is 240 g/mol. The topological polar surface area (TPSA) is 18.5 Å². The monoisotopic (exact) mass is 240 g/mol. The summed E-state index contributed by atoms with van der Waals surface area (Å²) in [6.07, 6.45) is -3.55. The van der Waals surface area contributed by atoms with Gasteiger partial charge in [0.15, 0.2) is 11.5 Å². The van der Waals surface area contributed by atoms with Crippen molar-refractivity contribution in [2.75, 3.05) is 0 Å². The Morgan fingerprint density at radius 2 is 1.88 bits per heavy atom. The van der Waals surface area contributed by atoms with E-state index in [9.17, 15) is 8.78 Å². The molecule has 2 nitrogen and oxygen atoms in total. The first kappa shape index (κ1) is 9.59. The van der Waals surface area contributed by atoms with Crippen LogP contribution in [0.25, 0.3) is 10.4 Å². The Labute approximate surface area is 94.0 Å². The van der Waals surface area contributed by atoms with Gasteiger partial charge in [0, 0.05) is 4.88 Å². The molecule has 0 fully saturated rings. The second-order valence-corrected chi connectivity index (χ2v) is 4.25. The molecule has 2 aromatic rings. The summed E-state index contributed by atoms with van der Waals surface area (Å²) in [6, 6.07) is 8.60. The maximum Gasteiger partial charge on any atom is 0.586 e. The van der Waals surface area contributed by atoms with Crippen LogP contribution in [0.4, 0.5) is 8.78 Å². The highest BCUT2D eigenvalue weighted by atomic mass is 32.1. The number of hydrogen-bond donors (Lipinski definition) is 0. The molecule has 0 amide bonds. The van der Waals surface area contributed by atoms with E-state index in [0.29, 0.717) is 0 Å². The summed E-state index contributed by atoms with van der Waals surface area (Å²) in [6.45, 7) is 0. The van der Waals surface area contributed by atoms with Crippen LogP contribution >= 0.6 is 11.3 Å². The van der Waals surface area contributed by atoms with Crippen LogP contribution in [0.1, 0.15) is 0 Å². The zero-order chi connectivity index (χ0) is 11.2. The quantitative estimate of drug-likeness (QED) is 0.756. The van der Waals surface area contributed by atoms with E-state index in [-0.39, 0.29) is 11.5 Å². The summed E-state index contributed by atoms with van der Waals surface area (Å²) in [5.74, 6) is 0.154. The van der Waals surface area contributed by atoms with Gasteiger partial charge in [0.2, 0.25) is 0 Å². The van der Waals surface area contributed by atoms with Gasteiger partial charge in [-0.1, -0.05) is 6.07 Å². The van der Waals surface area contributed by atoms with Gasteiger partial charge < -0.3 is 9.47 Å². The summed E-state index contributed by atoms with van der Waals surface area (Å²) in [5, 5.41) is 1.93. The first-order valence-electron chi connectivity index (χ1n) is 4.58. The molecule has 0 radical (unpaired) electrons. The molecule has 0 saturated heterocycles. The fourth-order valence-corrected chi connectivity index (χ4v) is 2.27. The third-order valence-electron chi connectivity index (χ3n) is 2.21. The first-order chi connectivity index (χ1) is 7.64. The summed E-state index contributed by atoms with van der Waals surface area (Å²) >= 11 is 1.54. The van der Waals surface area contributed by atoms with Crippen molar-refractivity contribution < 1.29 is 18.3 Å². The van der Waals surface area contributed by atoms with E-state index in [1.54, 1.807) is 12.1 Å². The molecule has 0 bridgehead atoms. The van der Waals surface area contributed by atoms with E-state index in [4.69, 9.17) is 0 Å². The van der Waals surface area contributed by atoms with Crippen LogP contribution in [0.5, 0.6) is 11.5 Å². The van der Waals surface area contributed by atoms with Gasteiger partial charge in [0.25, 0.3) is 0 Å². The fraction of sp³-hybridized carbons (Fsp3) is 0.0909. The third kappa shape index (κ3) is 1.53. The van der Waals surface area contributed by atoms with E-state index in [2.05, 4.69) is 9.47 Å². The first-order valence-corrected chi connectivity index (χ1v) is 5.46. The Balaban J connectivity index is 2.03. The van der Waals surface area contributed by atoms with Crippen molar-refractivity contribution in [2.45, 2.75) is 6.29 Å². The highest BCUT2D eigenvalue weighted by molar-refractivity contribution is 7.13. The van der Waals surface area contributed by atoms with E-state index in [1.807, 2.05) is 17.5 Å². The van der Waals surface area contributed by atoms with E-state index in [0.717, 1.165) is 10.4 Å². The number of alkyl halides is 2. The van der Waals surface area contributed by atoms with E-state index >= 15 is 0 Å². The maximum atomic E-state index is 12.8. The zero-order valence-corrected chi connectivity index (χ0v) is 8.76. The Morgan fingerprint density at radius 1 is 1.06 bits per heavy atom. The minimum absolute atomic E-state index is 0.0744. The second kappa shape index (κ2) is 3.18. The lowest BCUT2D eigenvalue weighted by Crippen LogP contribution is -2.25. The van der Waals surface area contributed by atoms with Crippen molar-refractivity contribution >= 4 is 11.3 Å². The smallest absolute Gasteiger partial charge is 0.395 e. The van der Waals surface area contributed by atoms with Gasteiger partial charge in [0.1, 0.15) is 0 Å². The predicted octanol–water partition coefficient (Wildman–Crippen LogP) is 3.74. The van der Waals surface area contributed by atoms with Gasteiger partial charge in [-0.3, -0.25) is 0 Å². The van der Waals surface area contributed by atoms with Gasteiger partial charge in [-0.15, -0.1) is 20.1 Å². The number of hydrogen-bond acceptors (Lipinski definition) is 3. The number of rotatable bonds is 1. The molecule has 1 aromatic carbocycles. The van der Waals surface area contributed by atoms with Gasteiger partial charge in [-0.05, 0) is 35.2 Å². The van der Waals surface area contributed by atoms with Crippen molar-refractivity contribution in [3.05, 3.63) is 35.7 Å².